The third kappa shape index (κ3) is 7.66. The Morgan fingerprint density at radius 2 is 1.78 bits per heavy atom. The number of rotatable bonds is 10. The van der Waals surface area contributed by atoms with E-state index in [0.717, 1.165) is 29.0 Å². The number of urea groups is 1. The third-order valence-electron chi connectivity index (χ3n) is 6.76. The van der Waals surface area contributed by atoms with Gasteiger partial charge in [0.25, 0.3) is 0 Å². The molecule has 1 aliphatic heterocycles. The zero-order chi connectivity index (χ0) is 26.2. The lowest BCUT2D eigenvalue weighted by Gasteiger charge is -2.29. The van der Waals surface area contributed by atoms with Crippen molar-refractivity contribution in [2.45, 2.75) is 58.7 Å². The minimum atomic E-state index is -0.284. The monoisotopic (exact) mass is 519 g/mol. The molecule has 6 nitrogen and oxygen atoms in total. The average molecular weight is 520 g/mol. The number of thiophene rings is 1. The molecule has 0 saturated carbocycles. The lowest BCUT2D eigenvalue weighted by Crippen LogP contribution is -2.46. The Balaban J connectivity index is 1.50. The lowest BCUT2D eigenvalue weighted by atomic mass is 10.0. The molecule has 0 spiro atoms. The van der Waals surface area contributed by atoms with Gasteiger partial charge in [-0.1, -0.05) is 56.3 Å². The molecule has 4 rings (SSSR count). The summed E-state index contributed by atoms with van der Waals surface area (Å²) in [6.07, 6.45) is 1.81. The van der Waals surface area contributed by atoms with E-state index in [2.05, 4.69) is 37.5 Å². The molecule has 7 heteroatoms. The maximum absolute atomic E-state index is 13.7. The molecule has 1 aromatic heterocycles. The fourth-order valence-electron chi connectivity index (χ4n) is 4.45. The first kappa shape index (κ1) is 26.9. The van der Waals surface area contributed by atoms with Crippen molar-refractivity contribution in [2.24, 2.45) is 0 Å². The van der Waals surface area contributed by atoms with Crippen LogP contribution in [0, 0.1) is 6.92 Å². The summed E-state index contributed by atoms with van der Waals surface area (Å²) in [7, 11) is 0. The van der Waals surface area contributed by atoms with E-state index in [1.807, 2.05) is 59.5 Å². The normalized spacial score (nSPS) is 15.1. The molecule has 0 aliphatic carbocycles. The van der Waals surface area contributed by atoms with E-state index in [1.165, 1.54) is 11.1 Å². The third-order valence-corrected chi connectivity index (χ3v) is 7.77. The molecule has 1 aliphatic rings. The number of nitrogens with zero attached hydrogens (tertiary/aromatic N) is 2. The Morgan fingerprint density at radius 3 is 2.41 bits per heavy atom. The molecule has 0 bridgehead atoms. The minimum absolute atomic E-state index is 0.00692. The quantitative estimate of drug-likeness (QED) is 0.336. The van der Waals surface area contributed by atoms with E-state index < -0.39 is 0 Å². The standard InChI is InChI=1S/C30H37N3O3S/c1-22(2)25-11-13-26(14-12-25)31-30(35)33(19-27-10-7-16-36-27)21-29(34)32(18-24-8-5-4-6-9-24)20-28-23(3)15-17-37-28/h4-6,8-9,11-15,17,22,27H,7,10,16,18-21H2,1-3H3,(H,31,35). The van der Waals surface area contributed by atoms with Crippen molar-refractivity contribution in [1.82, 2.24) is 9.80 Å². The molecular formula is C30H37N3O3S. The number of benzene rings is 2. The SMILES string of the molecule is Cc1ccsc1CN(Cc1ccccc1)C(=O)CN(CC1CCCO1)C(=O)Nc1ccc(C(C)C)cc1. The van der Waals surface area contributed by atoms with E-state index in [0.29, 0.717) is 32.2 Å². The van der Waals surface area contributed by atoms with Gasteiger partial charge in [0.2, 0.25) is 5.91 Å². The molecule has 1 saturated heterocycles. The molecule has 3 amide bonds. The van der Waals surface area contributed by atoms with E-state index in [-0.39, 0.29) is 24.6 Å². The average Bonchev–Trinajstić information content (AvgIpc) is 3.55. The Kier molecular flexibility index (Phi) is 9.36. The molecule has 2 aromatic carbocycles. The lowest BCUT2D eigenvalue weighted by molar-refractivity contribution is -0.133. The van der Waals surface area contributed by atoms with Gasteiger partial charge in [0.1, 0.15) is 6.54 Å². The first-order valence-corrected chi connectivity index (χ1v) is 13.9. The van der Waals surface area contributed by atoms with Gasteiger partial charge in [-0.3, -0.25) is 4.79 Å². The van der Waals surface area contributed by atoms with Gasteiger partial charge < -0.3 is 19.9 Å². The Bertz CT molecular complexity index is 1150. The topological polar surface area (TPSA) is 61.9 Å². The zero-order valence-electron chi connectivity index (χ0n) is 22.0. The van der Waals surface area contributed by atoms with Gasteiger partial charge >= 0.3 is 6.03 Å². The van der Waals surface area contributed by atoms with Crippen molar-refractivity contribution in [3.05, 3.63) is 87.6 Å². The highest BCUT2D eigenvalue weighted by atomic mass is 32.1. The Morgan fingerprint density at radius 1 is 1.03 bits per heavy atom. The fraction of sp³-hybridized carbons (Fsp3) is 0.400. The van der Waals surface area contributed by atoms with E-state index in [1.54, 1.807) is 16.2 Å². The number of aryl methyl sites for hydroxylation is 1. The van der Waals surface area contributed by atoms with Crippen molar-refractivity contribution in [3.8, 4) is 0 Å². The summed E-state index contributed by atoms with van der Waals surface area (Å²) in [6, 6.07) is 19.7. The largest absolute Gasteiger partial charge is 0.376 e. The summed E-state index contributed by atoms with van der Waals surface area (Å²) in [6.45, 7) is 8.43. The predicted molar refractivity (Wildman–Crippen MR) is 150 cm³/mol. The molecule has 2 heterocycles. The van der Waals surface area contributed by atoms with Gasteiger partial charge in [-0.2, -0.15) is 0 Å². The highest BCUT2D eigenvalue weighted by Crippen LogP contribution is 2.21. The highest BCUT2D eigenvalue weighted by molar-refractivity contribution is 7.10. The second-order valence-corrected chi connectivity index (χ2v) is 11.0. The van der Waals surface area contributed by atoms with E-state index in [9.17, 15) is 9.59 Å². The number of carbonyl (C=O) groups is 2. The number of hydrogen-bond acceptors (Lipinski definition) is 4. The maximum atomic E-state index is 13.7. The van der Waals surface area contributed by atoms with Gasteiger partial charge in [-0.15, -0.1) is 11.3 Å². The molecule has 0 radical (unpaired) electrons. The minimum Gasteiger partial charge on any atom is -0.376 e. The summed E-state index contributed by atoms with van der Waals surface area (Å²) in [5, 5.41) is 5.05. The van der Waals surface area contributed by atoms with Crippen LogP contribution in [0.25, 0.3) is 0 Å². The number of carbonyl (C=O) groups excluding carboxylic acids is 2. The summed E-state index contributed by atoms with van der Waals surface area (Å²) in [4.78, 5) is 31.7. The molecule has 1 N–H and O–H groups in total. The van der Waals surface area contributed by atoms with Gasteiger partial charge in [0, 0.05) is 30.3 Å². The van der Waals surface area contributed by atoms with Crippen molar-refractivity contribution in [3.63, 3.8) is 0 Å². The first-order valence-electron chi connectivity index (χ1n) is 13.0. The van der Waals surface area contributed by atoms with Gasteiger partial charge in [0.15, 0.2) is 0 Å². The van der Waals surface area contributed by atoms with Crippen LogP contribution in [0.1, 0.15) is 54.2 Å². The number of nitrogens with one attached hydrogen (secondary N) is 1. The summed E-state index contributed by atoms with van der Waals surface area (Å²) >= 11 is 1.66. The van der Waals surface area contributed by atoms with E-state index >= 15 is 0 Å². The Hall–Kier alpha value is -3.16. The van der Waals surface area contributed by atoms with Crippen molar-refractivity contribution in [2.75, 3.05) is 25.0 Å². The highest BCUT2D eigenvalue weighted by Gasteiger charge is 2.27. The number of anilines is 1. The molecule has 37 heavy (non-hydrogen) atoms. The van der Waals surface area contributed by atoms with Crippen LogP contribution in [-0.2, 0) is 22.6 Å². The van der Waals surface area contributed by atoms with Crippen LogP contribution >= 0.6 is 11.3 Å². The molecule has 1 unspecified atom stereocenters. The molecule has 1 atom stereocenters. The summed E-state index contributed by atoms with van der Waals surface area (Å²) < 4.78 is 5.82. The van der Waals surface area contributed by atoms with Crippen LogP contribution in [0.15, 0.2) is 66.0 Å². The van der Waals surface area contributed by atoms with Gasteiger partial charge in [-0.25, -0.2) is 4.79 Å². The second kappa shape index (κ2) is 12.9. The first-order chi connectivity index (χ1) is 17.9. The number of amides is 3. The van der Waals surface area contributed by atoms with Crippen LogP contribution in [0.5, 0.6) is 0 Å². The number of ether oxygens (including phenoxy) is 1. The molecular weight excluding hydrogens is 482 g/mol. The van der Waals surface area contributed by atoms with Crippen LogP contribution in [0.4, 0.5) is 10.5 Å². The molecule has 196 valence electrons. The number of hydrogen-bond donors (Lipinski definition) is 1. The molecule has 3 aromatic rings. The van der Waals surface area contributed by atoms with Crippen molar-refractivity contribution in [1.29, 1.82) is 0 Å². The summed E-state index contributed by atoms with van der Waals surface area (Å²) in [5.41, 5.74) is 4.17. The molecule has 1 fully saturated rings. The zero-order valence-corrected chi connectivity index (χ0v) is 22.8. The van der Waals surface area contributed by atoms with Crippen molar-refractivity contribution >= 4 is 29.0 Å². The summed E-state index contributed by atoms with van der Waals surface area (Å²) in [5.74, 6) is 0.334. The van der Waals surface area contributed by atoms with Crippen LogP contribution in [0.2, 0.25) is 0 Å². The maximum Gasteiger partial charge on any atom is 0.322 e. The fourth-order valence-corrected chi connectivity index (χ4v) is 5.37. The van der Waals surface area contributed by atoms with Crippen LogP contribution in [-0.4, -0.2) is 47.5 Å². The second-order valence-electron chi connectivity index (χ2n) is 9.98. The Labute approximate surface area is 224 Å². The predicted octanol–water partition coefficient (Wildman–Crippen LogP) is 6.42. The van der Waals surface area contributed by atoms with Crippen LogP contribution < -0.4 is 5.32 Å². The smallest absolute Gasteiger partial charge is 0.322 e. The van der Waals surface area contributed by atoms with E-state index in [4.69, 9.17) is 4.74 Å². The van der Waals surface area contributed by atoms with Gasteiger partial charge in [-0.05, 0) is 66.0 Å². The van der Waals surface area contributed by atoms with Gasteiger partial charge in [0.05, 0.1) is 12.6 Å². The van der Waals surface area contributed by atoms with Crippen LogP contribution in [0.3, 0.4) is 0 Å². The van der Waals surface area contributed by atoms with Crippen molar-refractivity contribution < 1.29 is 14.3 Å².